The maximum Gasteiger partial charge on any atom is 0.0925 e. The number of nitrogens with zero attached hydrogens (tertiary/aromatic N) is 1. The topological polar surface area (TPSA) is 34.1 Å². The van der Waals surface area contributed by atoms with Crippen LogP contribution in [0.25, 0.3) is 0 Å². The molecule has 0 aliphatic rings. The molecular formula is C8H14N2OS. The number of aryl methyl sites for hydroxylation is 1. The van der Waals surface area contributed by atoms with Crippen LogP contribution < -0.4 is 5.48 Å². The standard InChI is InChI=1S/C8H14N2OS/c1-3-8-9-5-7(12-8)6-10-11-4-2/h5,10H,3-4,6H2,1-2H3. The lowest BCUT2D eigenvalue weighted by Crippen LogP contribution is -2.12. The zero-order chi connectivity index (χ0) is 8.81. The summed E-state index contributed by atoms with van der Waals surface area (Å²) in [6.45, 7) is 5.51. The van der Waals surface area contributed by atoms with Crippen molar-refractivity contribution in [2.24, 2.45) is 0 Å². The summed E-state index contributed by atoms with van der Waals surface area (Å²) < 4.78 is 0. The summed E-state index contributed by atoms with van der Waals surface area (Å²) in [5, 5.41) is 1.18. The Labute approximate surface area is 76.7 Å². The molecule has 68 valence electrons. The quantitative estimate of drug-likeness (QED) is 0.562. The van der Waals surface area contributed by atoms with Crippen molar-refractivity contribution in [3.63, 3.8) is 0 Å². The van der Waals surface area contributed by atoms with Gasteiger partial charge in [0.1, 0.15) is 0 Å². The van der Waals surface area contributed by atoms with Gasteiger partial charge in [0.2, 0.25) is 0 Å². The first-order valence-electron chi connectivity index (χ1n) is 4.15. The highest BCUT2D eigenvalue weighted by atomic mass is 32.1. The van der Waals surface area contributed by atoms with Gasteiger partial charge in [-0.15, -0.1) is 11.3 Å². The minimum Gasteiger partial charge on any atom is -0.302 e. The highest BCUT2D eigenvalue weighted by molar-refractivity contribution is 7.11. The molecule has 1 rings (SSSR count). The molecule has 12 heavy (non-hydrogen) atoms. The SMILES string of the molecule is CCONCc1cnc(CC)s1. The molecule has 1 aromatic rings. The van der Waals surface area contributed by atoms with E-state index in [1.165, 1.54) is 9.88 Å². The predicted molar refractivity (Wildman–Crippen MR) is 50.0 cm³/mol. The maximum absolute atomic E-state index is 5.01. The molecule has 0 spiro atoms. The first kappa shape index (κ1) is 9.64. The summed E-state index contributed by atoms with van der Waals surface area (Å²) in [5.41, 5.74) is 2.86. The van der Waals surface area contributed by atoms with Gasteiger partial charge in [0, 0.05) is 11.1 Å². The number of rotatable bonds is 5. The molecule has 0 amide bonds. The van der Waals surface area contributed by atoms with Gasteiger partial charge in [-0.2, -0.15) is 5.48 Å². The van der Waals surface area contributed by atoms with Crippen LogP contribution in [-0.2, 0) is 17.8 Å². The Kier molecular flexibility index (Phi) is 4.21. The minimum atomic E-state index is 0.694. The van der Waals surface area contributed by atoms with Crippen molar-refractivity contribution >= 4 is 11.3 Å². The van der Waals surface area contributed by atoms with E-state index >= 15 is 0 Å². The van der Waals surface area contributed by atoms with Crippen LogP contribution in [0.15, 0.2) is 6.20 Å². The maximum atomic E-state index is 5.01. The van der Waals surface area contributed by atoms with Crippen molar-refractivity contribution in [1.82, 2.24) is 10.5 Å². The van der Waals surface area contributed by atoms with Gasteiger partial charge in [-0.3, -0.25) is 0 Å². The monoisotopic (exact) mass is 186 g/mol. The van der Waals surface area contributed by atoms with Crippen molar-refractivity contribution in [1.29, 1.82) is 0 Å². The van der Waals surface area contributed by atoms with E-state index in [4.69, 9.17) is 4.84 Å². The summed E-state index contributed by atoms with van der Waals surface area (Å²) in [4.78, 5) is 10.5. The van der Waals surface area contributed by atoms with Crippen LogP contribution in [0.3, 0.4) is 0 Å². The van der Waals surface area contributed by atoms with E-state index in [-0.39, 0.29) is 0 Å². The largest absolute Gasteiger partial charge is 0.302 e. The first-order valence-corrected chi connectivity index (χ1v) is 4.96. The van der Waals surface area contributed by atoms with Gasteiger partial charge in [-0.1, -0.05) is 6.92 Å². The summed E-state index contributed by atoms with van der Waals surface area (Å²) in [5.74, 6) is 0. The van der Waals surface area contributed by atoms with Crippen molar-refractivity contribution in [2.45, 2.75) is 26.8 Å². The van der Waals surface area contributed by atoms with E-state index in [0.29, 0.717) is 6.61 Å². The van der Waals surface area contributed by atoms with Gasteiger partial charge in [0.05, 0.1) is 18.2 Å². The number of thiazole rings is 1. The normalized spacial score (nSPS) is 10.5. The Hall–Kier alpha value is -0.450. The van der Waals surface area contributed by atoms with Crippen molar-refractivity contribution < 1.29 is 4.84 Å². The zero-order valence-electron chi connectivity index (χ0n) is 7.46. The third kappa shape index (κ3) is 2.89. The lowest BCUT2D eigenvalue weighted by molar-refractivity contribution is 0.0469. The molecule has 4 heteroatoms. The molecule has 0 fully saturated rings. The Bertz CT molecular complexity index is 225. The molecule has 0 saturated heterocycles. The van der Waals surface area contributed by atoms with Crippen LogP contribution in [0.1, 0.15) is 23.7 Å². The van der Waals surface area contributed by atoms with Crippen LogP contribution in [0.4, 0.5) is 0 Å². The third-order valence-electron chi connectivity index (χ3n) is 1.40. The third-order valence-corrected chi connectivity index (χ3v) is 2.54. The molecule has 0 aromatic carbocycles. The number of hydroxylamine groups is 1. The van der Waals surface area contributed by atoms with E-state index in [1.54, 1.807) is 11.3 Å². The molecule has 0 bridgehead atoms. The molecule has 0 aliphatic heterocycles. The molecule has 0 saturated carbocycles. The van der Waals surface area contributed by atoms with E-state index in [0.717, 1.165) is 13.0 Å². The Morgan fingerprint density at radius 1 is 1.58 bits per heavy atom. The van der Waals surface area contributed by atoms with Crippen LogP contribution in [0.5, 0.6) is 0 Å². The zero-order valence-corrected chi connectivity index (χ0v) is 8.28. The van der Waals surface area contributed by atoms with Gasteiger partial charge < -0.3 is 4.84 Å². The summed E-state index contributed by atoms with van der Waals surface area (Å²) in [6, 6.07) is 0. The second-order valence-corrected chi connectivity index (χ2v) is 3.53. The van der Waals surface area contributed by atoms with Crippen molar-refractivity contribution in [3.8, 4) is 0 Å². The number of hydrogen-bond acceptors (Lipinski definition) is 4. The van der Waals surface area contributed by atoms with E-state index < -0.39 is 0 Å². The van der Waals surface area contributed by atoms with E-state index in [1.807, 2.05) is 13.1 Å². The minimum absolute atomic E-state index is 0.694. The van der Waals surface area contributed by atoms with Crippen LogP contribution in [0, 0.1) is 0 Å². The highest BCUT2D eigenvalue weighted by Gasteiger charge is 1.98. The predicted octanol–water partition coefficient (Wildman–Crippen LogP) is 1.75. The smallest absolute Gasteiger partial charge is 0.0925 e. The van der Waals surface area contributed by atoms with E-state index in [9.17, 15) is 0 Å². The second-order valence-electron chi connectivity index (χ2n) is 2.33. The van der Waals surface area contributed by atoms with Crippen LogP contribution in [0.2, 0.25) is 0 Å². The lowest BCUT2D eigenvalue weighted by atomic mass is 10.5. The fourth-order valence-electron chi connectivity index (χ4n) is 0.817. The number of hydrogen-bond donors (Lipinski definition) is 1. The van der Waals surface area contributed by atoms with Gasteiger partial charge in [-0.25, -0.2) is 4.98 Å². The van der Waals surface area contributed by atoms with Crippen molar-refractivity contribution in [2.75, 3.05) is 6.61 Å². The molecule has 1 heterocycles. The molecule has 0 radical (unpaired) electrons. The van der Waals surface area contributed by atoms with Crippen LogP contribution in [-0.4, -0.2) is 11.6 Å². The first-order chi connectivity index (χ1) is 5.86. The fourth-order valence-corrected chi connectivity index (χ4v) is 1.61. The summed E-state index contributed by atoms with van der Waals surface area (Å²) in [7, 11) is 0. The Morgan fingerprint density at radius 2 is 2.42 bits per heavy atom. The van der Waals surface area contributed by atoms with E-state index in [2.05, 4.69) is 17.4 Å². The van der Waals surface area contributed by atoms with Gasteiger partial charge in [0.15, 0.2) is 0 Å². The number of aromatic nitrogens is 1. The Morgan fingerprint density at radius 3 is 3.00 bits per heavy atom. The average molecular weight is 186 g/mol. The molecule has 1 aromatic heterocycles. The summed E-state index contributed by atoms with van der Waals surface area (Å²) >= 11 is 1.73. The molecular weight excluding hydrogens is 172 g/mol. The van der Waals surface area contributed by atoms with Gasteiger partial charge in [-0.05, 0) is 13.3 Å². The van der Waals surface area contributed by atoms with Gasteiger partial charge >= 0.3 is 0 Å². The van der Waals surface area contributed by atoms with Crippen LogP contribution >= 0.6 is 11.3 Å². The molecule has 3 nitrogen and oxygen atoms in total. The Balaban J connectivity index is 2.31. The molecule has 0 aliphatic carbocycles. The molecule has 0 atom stereocenters. The summed E-state index contributed by atoms with van der Waals surface area (Å²) in [6.07, 6.45) is 2.91. The fraction of sp³-hybridized carbons (Fsp3) is 0.625. The highest BCUT2D eigenvalue weighted by Crippen LogP contribution is 2.12. The second kappa shape index (κ2) is 5.24. The lowest BCUT2D eigenvalue weighted by Gasteiger charge is -1.98. The molecule has 0 unspecified atom stereocenters. The molecule has 1 N–H and O–H groups in total. The van der Waals surface area contributed by atoms with Gasteiger partial charge in [0.25, 0.3) is 0 Å². The average Bonchev–Trinajstić information content (AvgIpc) is 2.53. The van der Waals surface area contributed by atoms with Crippen molar-refractivity contribution in [3.05, 3.63) is 16.1 Å². The number of nitrogens with one attached hydrogen (secondary N) is 1.